The molecule has 2 heterocycles. The second-order valence-electron chi connectivity index (χ2n) is 6.49. The molecule has 1 aromatic heterocycles. The molecule has 1 fully saturated rings. The van der Waals surface area contributed by atoms with Gasteiger partial charge < -0.3 is 23.9 Å². The second kappa shape index (κ2) is 8.31. The van der Waals surface area contributed by atoms with E-state index in [1.165, 1.54) is 12.0 Å². The van der Waals surface area contributed by atoms with E-state index in [2.05, 4.69) is 0 Å². The number of hydrogen-bond donors (Lipinski definition) is 1. The van der Waals surface area contributed by atoms with Gasteiger partial charge in [0.15, 0.2) is 0 Å². The van der Waals surface area contributed by atoms with Crippen molar-refractivity contribution in [1.82, 2.24) is 4.90 Å². The van der Waals surface area contributed by atoms with E-state index in [1.54, 1.807) is 50.4 Å². The molecule has 3 rings (SSSR count). The summed E-state index contributed by atoms with van der Waals surface area (Å²) >= 11 is 0. The summed E-state index contributed by atoms with van der Waals surface area (Å²) in [5, 5.41) is 11.0. The predicted molar refractivity (Wildman–Crippen MR) is 102 cm³/mol. The average molecular weight is 385 g/mol. The fourth-order valence-corrected chi connectivity index (χ4v) is 3.37. The van der Waals surface area contributed by atoms with Gasteiger partial charge in [0.2, 0.25) is 0 Å². The number of ketones is 1. The summed E-state index contributed by atoms with van der Waals surface area (Å²) < 4.78 is 16.1. The number of aliphatic hydroxyl groups is 1. The lowest BCUT2D eigenvalue weighted by molar-refractivity contribution is -0.140. The first kappa shape index (κ1) is 19.7. The number of amides is 1. The number of likely N-dealkylation sites (tertiary alicyclic amines) is 1. The normalized spacial score (nSPS) is 18.7. The monoisotopic (exact) mass is 385 g/mol. The summed E-state index contributed by atoms with van der Waals surface area (Å²) in [6.07, 6.45) is 0.550. The molecular formula is C21H23NO6. The Morgan fingerprint density at radius 2 is 1.93 bits per heavy atom. The van der Waals surface area contributed by atoms with Gasteiger partial charge in [0, 0.05) is 20.3 Å². The number of methoxy groups -OCH3 is 2. The molecule has 7 nitrogen and oxygen atoms in total. The Balaban J connectivity index is 2.13. The number of ether oxygens (including phenoxy) is 2. The van der Waals surface area contributed by atoms with Crippen molar-refractivity contribution in [1.29, 1.82) is 0 Å². The van der Waals surface area contributed by atoms with E-state index < -0.39 is 17.7 Å². The quantitative estimate of drug-likeness (QED) is 0.341. The third kappa shape index (κ3) is 3.53. The molecule has 0 radical (unpaired) electrons. The number of aryl methyl sites for hydroxylation is 1. The molecule has 1 amide bonds. The van der Waals surface area contributed by atoms with E-state index in [0.717, 1.165) is 0 Å². The molecule has 0 aliphatic carbocycles. The van der Waals surface area contributed by atoms with Crippen LogP contribution < -0.4 is 4.74 Å². The molecule has 1 saturated heterocycles. The largest absolute Gasteiger partial charge is 0.507 e. The Labute approximate surface area is 163 Å². The molecule has 0 spiro atoms. The van der Waals surface area contributed by atoms with Crippen LogP contribution in [0, 0.1) is 6.92 Å². The van der Waals surface area contributed by atoms with Crippen molar-refractivity contribution in [3.63, 3.8) is 0 Å². The number of benzene rings is 1. The maximum atomic E-state index is 12.8. The van der Waals surface area contributed by atoms with Crippen molar-refractivity contribution in [2.75, 3.05) is 27.4 Å². The molecular weight excluding hydrogens is 362 g/mol. The molecule has 1 aliphatic rings. The summed E-state index contributed by atoms with van der Waals surface area (Å²) in [7, 11) is 3.05. The number of aliphatic hydroxyl groups excluding tert-OH is 1. The van der Waals surface area contributed by atoms with Gasteiger partial charge >= 0.3 is 0 Å². The van der Waals surface area contributed by atoms with Crippen molar-refractivity contribution >= 4 is 17.4 Å². The zero-order valence-corrected chi connectivity index (χ0v) is 16.1. The minimum absolute atomic E-state index is 0.0127. The van der Waals surface area contributed by atoms with Gasteiger partial charge in [-0.3, -0.25) is 9.59 Å². The fraction of sp³-hybridized carbons (Fsp3) is 0.333. The van der Waals surface area contributed by atoms with Crippen LogP contribution in [-0.4, -0.2) is 49.1 Å². The van der Waals surface area contributed by atoms with Crippen molar-refractivity contribution in [2.45, 2.75) is 19.4 Å². The average Bonchev–Trinajstić information content (AvgIpc) is 3.23. The zero-order valence-electron chi connectivity index (χ0n) is 16.1. The highest BCUT2D eigenvalue weighted by atomic mass is 16.5. The van der Waals surface area contributed by atoms with Crippen molar-refractivity contribution in [2.24, 2.45) is 0 Å². The molecule has 1 N–H and O–H groups in total. The van der Waals surface area contributed by atoms with Gasteiger partial charge in [0.05, 0.1) is 18.2 Å². The summed E-state index contributed by atoms with van der Waals surface area (Å²) in [5.41, 5.74) is 0.328. The van der Waals surface area contributed by atoms with Crippen LogP contribution in [-0.2, 0) is 14.3 Å². The molecule has 148 valence electrons. The molecule has 0 saturated carbocycles. The van der Waals surface area contributed by atoms with Crippen LogP contribution in [0.3, 0.4) is 0 Å². The van der Waals surface area contributed by atoms with E-state index in [1.807, 2.05) is 0 Å². The van der Waals surface area contributed by atoms with E-state index in [4.69, 9.17) is 13.9 Å². The second-order valence-corrected chi connectivity index (χ2v) is 6.49. The first-order valence-corrected chi connectivity index (χ1v) is 8.96. The molecule has 28 heavy (non-hydrogen) atoms. The highest BCUT2D eigenvalue weighted by Gasteiger charge is 2.47. The summed E-state index contributed by atoms with van der Waals surface area (Å²) in [6.45, 7) is 2.52. The topological polar surface area (TPSA) is 89.2 Å². The van der Waals surface area contributed by atoms with Crippen LogP contribution in [0.2, 0.25) is 0 Å². The van der Waals surface area contributed by atoms with Gasteiger partial charge in [-0.2, -0.15) is 0 Å². The van der Waals surface area contributed by atoms with Crippen LogP contribution in [0.15, 0.2) is 46.4 Å². The fourth-order valence-electron chi connectivity index (χ4n) is 3.37. The van der Waals surface area contributed by atoms with Gasteiger partial charge in [-0.05, 0) is 37.6 Å². The van der Waals surface area contributed by atoms with E-state index in [9.17, 15) is 14.7 Å². The first-order valence-electron chi connectivity index (χ1n) is 8.96. The van der Waals surface area contributed by atoms with Crippen molar-refractivity contribution in [3.05, 3.63) is 59.1 Å². The number of hydrogen-bond acceptors (Lipinski definition) is 6. The third-order valence-electron chi connectivity index (χ3n) is 4.68. The molecule has 7 heteroatoms. The highest BCUT2D eigenvalue weighted by Crippen LogP contribution is 2.41. The first-order chi connectivity index (χ1) is 13.5. The van der Waals surface area contributed by atoms with Crippen LogP contribution in [0.4, 0.5) is 0 Å². The predicted octanol–water partition coefficient (Wildman–Crippen LogP) is 3.05. The lowest BCUT2D eigenvalue weighted by Crippen LogP contribution is -2.31. The van der Waals surface area contributed by atoms with Gasteiger partial charge in [0.1, 0.15) is 29.1 Å². The van der Waals surface area contributed by atoms with Crippen LogP contribution in [0.1, 0.15) is 29.5 Å². The maximum Gasteiger partial charge on any atom is 0.295 e. The molecule has 1 atom stereocenters. The molecule has 1 aromatic carbocycles. The van der Waals surface area contributed by atoms with Gasteiger partial charge in [-0.15, -0.1) is 0 Å². The number of carbonyl (C=O) groups excluding carboxylic acids is 2. The highest BCUT2D eigenvalue weighted by molar-refractivity contribution is 6.46. The lowest BCUT2D eigenvalue weighted by atomic mass is 9.99. The van der Waals surface area contributed by atoms with E-state index >= 15 is 0 Å². The van der Waals surface area contributed by atoms with E-state index in [0.29, 0.717) is 42.4 Å². The summed E-state index contributed by atoms with van der Waals surface area (Å²) in [4.78, 5) is 27.0. The lowest BCUT2D eigenvalue weighted by Gasteiger charge is -2.23. The smallest absolute Gasteiger partial charge is 0.295 e. The standard InChI is InChI=1S/C21H23NO6/c1-13-9-10-16(28-13)18-17(19(23)14-7-4-5-8-15(14)27-3)20(24)21(25)22(18)11-6-12-26-2/h4-5,7-10,18,23H,6,11-12H2,1-3H3/b19-17-. The third-order valence-corrected chi connectivity index (χ3v) is 4.68. The van der Waals surface area contributed by atoms with E-state index in [-0.39, 0.29) is 11.3 Å². The Bertz CT molecular complexity index is 913. The maximum absolute atomic E-state index is 12.8. The Hall–Kier alpha value is -3.06. The number of rotatable bonds is 7. The molecule has 2 aromatic rings. The zero-order chi connectivity index (χ0) is 20.3. The minimum atomic E-state index is -0.810. The van der Waals surface area contributed by atoms with Gasteiger partial charge in [0.25, 0.3) is 11.7 Å². The molecule has 1 aliphatic heterocycles. The van der Waals surface area contributed by atoms with Crippen LogP contribution >= 0.6 is 0 Å². The van der Waals surface area contributed by atoms with Crippen molar-refractivity contribution in [3.8, 4) is 5.75 Å². The van der Waals surface area contributed by atoms with Crippen LogP contribution in [0.25, 0.3) is 5.76 Å². The number of para-hydroxylation sites is 1. The summed E-state index contributed by atoms with van der Waals surface area (Å²) in [6, 6.07) is 9.45. The number of Topliss-reactive ketones (excluding diaryl/α,β-unsaturated/α-hetero) is 1. The number of nitrogens with zero attached hydrogens (tertiary/aromatic N) is 1. The SMILES string of the molecule is COCCCN1C(=O)C(=O)/C(=C(\O)c2ccccc2OC)C1c1ccc(C)o1. The molecule has 1 unspecified atom stereocenters. The van der Waals surface area contributed by atoms with Gasteiger partial charge in [-0.1, -0.05) is 12.1 Å². The Morgan fingerprint density at radius 3 is 2.57 bits per heavy atom. The van der Waals surface area contributed by atoms with Crippen LogP contribution in [0.5, 0.6) is 5.75 Å². The summed E-state index contributed by atoms with van der Waals surface area (Å²) in [5.74, 6) is -0.240. The molecule has 0 bridgehead atoms. The number of carbonyl (C=O) groups is 2. The Morgan fingerprint density at radius 1 is 1.18 bits per heavy atom. The minimum Gasteiger partial charge on any atom is -0.507 e. The van der Waals surface area contributed by atoms with Gasteiger partial charge in [-0.25, -0.2) is 0 Å². The van der Waals surface area contributed by atoms with Crippen molar-refractivity contribution < 1.29 is 28.6 Å². The Kier molecular flexibility index (Phi) is 5.84. The number of furan rings is 1.